The molecule has 1 aromatic rings. The minimum atomic E-state index is -0.483. The van der Waals surface area contributed by atoms with Gasteiger partial charge in [0, 0.05) is 25.1 Å². The van der Waals surface area contributed by atoms with Gasteiger partial charge in [-0.2, -0.15) is 0 Å². The van der Waals surface area contributed by atoms with E-state index in [0.717, 1.165) is 12.8 Å². The van der Waals surface area contributed by atoms with Gasteiger partial charge in [0.1, 0.15) is 5.60 Å². The summed E-state index contributed by atoms with van der Waals surface area (Å²) in [6.07, 6.45) is 1.85. The van der Waals surface area contributed by atoms with Gasteiger partial charge in [0.2, 0.25) is 6.79 Å². The number of Topliss-reactive ketones (excluding diaryl/α,β-unsaturated/α-hetero) is 1. The molecule has 6 heteroatoms. The van der Waals surface area contributed by atoms with Gasteiger partial charge in [0.05, 0.1) is 0 Å². The lowest BCUT2D eigenvalue weighted by Gasteiger charge is -2.33. The molecule has 0 bridgehead atoms. The summed E-state index contributed by atoms with van der Waals surface area (Å²) in [4.78, 5) is 26.3. The van der Waals surface area contributed by atoms with Crippen LogP contribution >= 0.6 is 0 Å². The Morgan fingerprint density at radius 1 is 1.16 bits per heavy atom. The quantitative estimate of drug-likeness (QED) is 0.781. The van der Waals surface area contributed by atoms with Crippen molar-refractivity contribution >= 4 is 11.9 Å². The van der Waals surface area contributed by atoms with E-state index in [1.807, 2.05) is 20.8 Å². The van der Waals surface area contributed by atoms with Crippen molar-refractivity contribution in [1.29, 1.82) is 0 Å². The van der Waals surface area contributed by atoms with Crippen LogP contribution in [-0.2, 0) is 4.74 Å². The first-order valence-electron chi connectivity index (χ1n) is 8.72. The molecule has 0 atom stereocenters. The number of nitrogens with zero attached hydrogens (tertiary/aromatic N) is 1. The van der Waals surface area contributed by atoms with Gasteiger partial charge in [0.25, 0.3) is 0 Å². The number of amides is 1. The highest BCUT2D eigenvalue weighted by Crippen LogP contribution is 2.33. The summed E-state index contributed by atoms with van der Waals surface area (Å²) >= 11 is 0. The van der Waals surface area contributed by atoms with Gasteiger partial charge in [-0.15, -0.1) is 0 Å². The summed E-state index contributed by atoms with van der Waals surface area (Å²) in [5, 5.41) is 0. The lowest BCUT2D eigenvalue weighted by atomic mass is 9.90. The Kier molecular flexibility index (Phi) is 4.88. The van der Waals surface area contributed by atoms with Crippen molar-refractivity contribution in [3.8, 4) is 11.5 Å². The van der Waals surface area contributed by atoms with E-state index in [0.29, 0.717) is 36.6 Å². The third kappa shape index (κ3) is 4.44. The Bertz CT molecular complexity index is 656. The van der Waals surface area contributed by atoms with Crippen molar-refractivity contribution in [2.75, 3.05) is 19.9 Å². The first kappa shape index (κ1) is 17.6. The molecular formula is C19H25NO5. The number of rotatable bonds is 3. The first-order chi connectivity index (χ1) is 11.8. The number of hydrogen-bond donors (Lipinski definition) is 0. The SMILES string of the molecule is CC(C)(C)OC(=O)N1CCC(CC(=O)c2ccc3c(c2)OCO3)CC1. The molecule has 0 aliphatic carbocycles. The van der Waals surface area contributed by atoms with Crippen LogP contribution in [0.2, 0.25) is 0 Å². The zero-order valence-electron chi connectivity index (χ0n) is 15.0. The topological polar surface area (TPSA) is 65.1 Å². The second-order valence-electron chi connectivity index (χ2n) is 7.61. The summed E-state index contributed by atoms with van der Waals surface area (Å²) in [5.74, 6) is 1.71. The second-order valence-corrected chi connectivity index (χ2v) is 7.61. The van der Waals surface area contributed by atoms with Crippen LogP contribution in [0.1, 0.15) is 50.4 Å². The highest BCUT2D eigenvalue weighted by molar-refractivity contribution is 5.96. The molecule has 1 saturated heterocycles. The highest BCUT2D eigenvalue weighted by atomic mass is 16.7. The van der Waals surface area contributed by atoms with Crippen molar-refractivity contribution in [3.05, 3.63) is 23.8 Å². The molecule has 0 aromatic heterocycles. The van der Waals surface area contributed by atoms with Gasteiger partial charge in [-0.1, -0.05) is 0 Å². The van der Waals surface area contributed by atoms with Gasteiger partial charge in [0.15, 0.2) is 17.3 Å². The molecule has 136 valence electrons. The first-order valence-corrected chi connectivity index (χ1v) is 8.72. The fourth-order valence-corrected chi connectivity index (χ4v) is 3.10. The molecule has 0 radical (unpaired) electrons. The van der Waals surface area contributed by atoms with E-state index in [2.05, 4.69) is 0 Å². The minimum absolute atomic E-state index is 0.106. The maximum Gasteiger partial charge on any atom is 0.410 e. The van der Waals surface area contributed by atoms with Crippen LogP contribution in [0, 0.1) is 5.92 Å². The van der Waals surface area contributed by atoms with Gasteiger partial charge in [-0.25, -0.2) is 4.79 Å². The molecule has 1 fully saturated rings. The van der Waals surface area contributed by atoms with Crippen LogP contribution in [0.5, 0.6) is 11.5 Å². The van der Waals surface area contributed by atoms with Crippen LogP contribution in [0.4, 0.5) is 4.79 Å². The molecule has 2 heterocycles. The Hall–Kier alpha value is -2.24. The Morgan fingerprint density at radius 3 is 2.52 bits per heavy atom. The molecular weight excluding hydrogens is 322 g/mol. The van der Waals surface area contributed by atoms with E-state index in [9.17, 15) is 9.59 Å². The number of fused-ring (bicyclic) bond motifs is 1. The van der Waals surface area contributed by atoms with Gasteiger partial charge in [-0.05, 0) is 57.7 Å². The number of piperidine rings is 1. The molecule has 25 heavy (non-hydrogen) atoms. The highest BCUT2D eigenvalue weighted by Gasteiger charge is 2.28. The van der Waals surface area contributed by atoms with E-state index in [1.165, 1.54) is 0 Å². The lowest BCUT2D eigenvalue weighted by molar-refractivity contribution is 0.0183. The molecule has 1 amide bonds. The second kappa shape index (κ2) is 6.94. The third-order valence-corrected chi connectivity index (χ3v) is 4.43. The molecule has 2 aliphatic rings. The monoisotopic (exact) mass is 347 g/mol. The average molecular weight is 347 g/mol. The van der Waals surface area contributed by atoms with Gasteiger partial charge in [-0.3, -0.25) is 4.79 Å². The number of hydrogen-bond acceptors (Lipinski definition) is 5. The molecule has 0 saturated carbocycles. The summed E-state index contributed by atoms with van der Waals surface area (Å²) in [5.41, 5.74) is 0.169. The fraction of sp³-hybridized carbons (Fsp3) is 0.579. The summed E-state index contributed by atoms with van der Waals surface area (Å²) in [6, 6.07) is 5.31. The zero-order chi connectivity index (χ0) is 18.0. The number of benzene rings is 1. The fourth-order valence-electron chi connectivity index (χ4n) is 3.10. The van der Waals surface area contributed by atoms with E-state index in [4.69, 9.17) is 14.2 Å². The molecule has 0 unspecified atom stereocenters. The van der Waals surface area contributed by atoms with Crippen molar-refractivity contribution in [2.45, 2.75) is 45.6 Å². The molecule has 0 N–H and O–H groups in total. The number of likely N-dealkylation sites (tertiary alicyclic amines) is 1. The molecule has 1 aromatic carbocycles. The maximum atomic E-state index is 12.5. The van der Waals surface area contributed by atoms with Gasteiger partial charge < -0.3 is 19.1 Å². The van der Waals surface area contributed by atoms with Crippen molar-refractivity contribution in [2.24, 2.45) is 5.92 Å². The number of carbonyl (C=O) groups is 2. The van der Waals surface area contributed by atoms with E-state index in [1.54, 1.807) is 23.1 Å². The Morgan fingerprint density at radius 2 is 1.84 bits per heavy atom. The molecule has 2 aliphatic heterocycles. The number of ketones is 1. The standard InChI is InChI=1S/C19H25NO5/c1-19(2,3)25-18(22)20-8-6-13(7-9-20)10-15(21)14-4-5-16-17(11-14)24-12-23-16/h4-5,11,13H,6-10,12H2,1-3H3. The average Bonchev–Trinajstić information content (AvgIpc) is 3.01. The predicted octanol–water partition coefficient (Wildman–Crippen LogP) is 3.64. The van der Waals surface area contributed by atoms with E-state index in [-0.39, 0.29) is 24.6 Å². The zero-order valence-corrected chi connectivity index (χ0v) is 15.0. The summed E-state index contributed by atoms with van der Waals surface area (Å²) in [7, 11) is 0. The van der Waals surface area contributed by atoms with Crippen LogP contribution in [0.15, 0.2) is 18.2 Å². The molecule has 6 nitrogen and oxygen atoms in total. The normalized spacial score (nSPS) is 17.5. The van der Waals surface area contributed by atoms with Crippen LogP contribution < -0.4 is 9.47 Å². The number of ether oxygens (including phenoxy) is 3. The maximum absolute atomic E-state index is 12.5. The minimum Gasteiger partial charge on any atom is -0.454 e. The van der Waals surface area contributed by atoms with Gasteiger partial charge >= 0.3 is 6.09 Å². The van der Waals surface area contributed by atoms with E-state index < -0.39 is 5.60 Å². The molecule has 3 rings (SSSR count). The lowest BCUT2D eigenvalue weighted by Crippen LogP contribution is -2.42. The smallest absolute Gasteiger partial charge is 0.410 e. The van der Waals surface area contributed by atoms with Crippen LogP contribution in [0.25, 0.3) is 0 Å². The largest absolute Gasteiger partial charge is 0.454 e. The van der Waals surface area contributed by atoms with Crippen molar-refractivity contribution in [1.82, 2.24) is 4.90 Å². The number of carbonyl (C=O) groups excluding carboxylic acids is 2. The Labute approximate surface area is 148 Å². The van der Waals surface area contributed by atoms with Crippen LogP contribution in [-0.4, -0.2) is 42.3 Å². The Balaban J connectivity index is 1.50. The van der Waals surface area contributed by atoms with Crippen molar-refractivity contribution in [3.63, 3.8) is 0 Å². The van der Waals surface area contributed by atoms with Crippen molar-refractivity contribution < 1.29 is 23.8 Å². The van der Waals surface area contributed by atoms with E-state index >= 15 is 0 Å². The summed E-state index contributed by atoms with van der Waals surface area (Å²) < 4.78 is 16.0. The summed E-state index contributed by atoms with van der Waals surface area (Å²) in [6.45, 7) is 7.06. The third-order valence-electron chi connectivity index (χ3n) is 4.43. The van der Waals surface area contributed by atoms with Crippen LogP contribution in [0.3, 0.4) is 0 Å². The predicted molar refractivity (Wildman–Crippen MR) is 92.0 cm³/mol. The molecule has 0 spiro atoms.